The number of benzene rings is 2. The van der Waals surface area contributed by atoms with Crippen LogP contribution in [-0.4, -0.2) is 5.91 Å². The quantitative estimate of drug-likeness (QED) is 0.809. The van der Waals surface area contributed by atoms with Gasteiger partial charge in [-0.3, -0.25) is 4.79 Å². The van der Waals surface area contributed by atoms with Crippen LogP contribution >= 0.6 is 15.9 Å². The first-order chi connectivity index (χ1) is 11.0. The van der Waals surface area contributed by atoms with Crippen LogP contribution < -0.4 is 5.32 Å². The van der Waals surface area contributed by atoms with E-state index in [2.05, 4.69) is 21.2 Å². The Hall–Kier alpha value is -1.68. The summed E-state index contributed by atoms with van der Waals surface area (Å²) in [7, 11) is 0. The van der Waals surface area contributed by atoms with Gasteiger partial charge in [0.1, 0.15) is 5.82 Å². The van der Waals surface area contributed by atoms with Crippen LogP contribution in [0.25, 0.3) is 0 Å². The third-order valence-corrected chi connectivity index (χ3v) is 5.28. The molecule has 120 valence electrons. The number of rotatable bonds is 4. The van der Waals surface area contributed by atoms with Gasteiger partial charge in [-0.2, -0.15) is 0 Å². The van der Waals surface area contributed by atoms with Gasteiger partial charge in [-0.15, -0.1) is 0 Å². The highest BCUT2D eigenvalue weighted by atomic mass is 79.9. The summed E-state index contributed by atoms with van der Waals surface area (Å²) < 4.78 is 14.2. The van der Waals surface area contributed by atoms with Crippen molar-refractivity contribution in [1.29, 1.82) is 0 Å². The summed E-state index contributed by atoms with van der Waals surface area (Å²) in [5.41, 5.74) is 1.47. The summed E-state index contributed by atoms with van der Waals surface area (Å²) in [4.78, 5) is 12.9. The molecule has 0 saturated heterocycles. The molecule has 1 atom stereocenters. The van der Waals surface area contributed by atoms with E-state index in [1.165, 1.54) is 12.1 Å². The average Bonchev–Trinajstić information content (AvgIpc) is 2.48. The van der Waals surface area contributed by atoms with Crippen molar-refractivity contribution in [3.63, 3.8) is 0 Å². The van der Waals surface area contributed by atoms with Crippen molar-refractivity contribution in [3.05, 3.63) is 69.9 Å². The SMILES string of the molecule is CC(NC(=O)C1(c2ccc(F)cc2)CCC1)c1ccc(Br)cc1. The predicted molar refractivity (Wildman–Crippen MR) is 92.6 cm³/mol. The van der Waals surface area contributed by atoms with Gasteiger partial charge in [0.05, 0.1) is 11.5 Å². The second kappa shape index (κ2) is 6.44. The topological polar surface area (TPSA) is 29.1 Å². The van der Waals surface area contributed by atoms with Gasteiger partial charge in [-0.1, -0.05) is 46.6 Å². The molecule has 0 bridgehead atoms. The molecule has 2 nitrogen and oxygen atoms in total. The Morgan fingerprint density at radius 2 is 1.74 bits per heavy atom. The van der Waals surface area contributed by atoms with Gasteiger partial charge in [-0.25, -0.2) is 4.39 Å². The molecule has 0 spiro atoms. The Morgan fingerprint density at radius 3 is 2.26 bits per heavy atom. The van der Waals surface area contributed by atoms with Gasteiger partial charge in [0.15, 0.2) is 0 Å². The van der Waals surface area contributed by atoms with Crippen LogP contribution in [0.5, 0.6) is 0 Å². The number of amides is 1. The van der Waals surface area contributed by atoms with E-state index >= 15 is 0 Å². The van der Waals surface area contributed by atoms with Crippen molar-refractivity contribution in [1.82, 2.24) is 5.32 Å². The summed E-state index contributed by atoms with van der Waals surface area (Å²) >= 11 is 3.42. The first-order valence-corrected chi connectivity index (χ1v) is 8.63. The third kappa shape index (κ3) is 3.18. The highest BCUT2D eigenvalue weighted by Crippen LogP contribution is 2.44. The third-order valence-electron chi connectivity index (χ3n) is 4.76. The molecule has 1 N–H and O–H groups in total. The van der Waals surface area contributed by atoms with Gasteiger partial charge in [0, 0.05) is 4.47 Å². The number of carbonyl (C=O) groups excluding carboxylic acids is 1. The predicted octanol–water partition coefficient (Wildman–Crippen LogP) is 4.89. The maximum Gasteiger partial charge on any atom is 0.231 e. The Balaban J connectivity index is 1.78. The molecule has 0 radical (unpaired) electrons. The summed E-state index contributed by atoms with van der Waals surface area (Å²) in [5.74, 6) is -0.238. The van der Waals surface area contributed by atoms with Crippen LogP contribution in [-0.2, 0) is 10.2 Å². The van der Waals surface area contributed by atoms with Crippen molar-refractivity contribution in [2.45, 2.75) is 37.6 Å². The standard InChI is InChI=1S/C19H19BrFNO/c1-13(14-3-7-16(20)8-4-14)22-18(23)19(11-2-12-19)15-5-9-17(21)10-6-15/h3-10,13H,2,11-12H2,1H3,(H,22,23). The largest absolute Gasteiger partial charge is 0.349 e. The molecule has 2 aromatic carbocycles. The molecule has 1 aliphatic carbocycles. The number of hydrogen-bond donors (Lipinski definition) is 1. The second-order valence-electron chi connectivity index (χ2n) is 6.19. The van der Waals surface area contributed by atoms with Gasteiger partial charge >= 0.3 is 0 Å². The fourth-order valence-electron chi connectivity index (χ4n) is 3.12. The lowest BCUT2D eigenvalue weighted by Gasteiger charge is -2.41. The summed E-state index contributed by atoms with van der Waals surface area (Å²) in [6.45, 7) is 1.98. The van der Waals surface area contributed by atoms with E-state index in [4.69, 9.17) is 0 Å². The second-order valence-corrected chi connectivity index (χ2v) is 7.10. The van der Waals surface area contributed by atoms with Gasteiger partial charge in [-0.05, 0) is 55.2 Å². The van der Waals surface area contributed by atoms with E-state index in [1.807, 2.05) is 31.2 Å². The van der Waals surface area contributed by atoms with Crippen molar-refractivity contribution in [2.24, 2.45) is 0 Å². The van der Waals surface area contributed by atoms with Crippen molar-refractivity contribution in [2.75, 3.05) is 0 Å². The zero-order valence-electron chi connectivity index (χ0n) is 13.0. The monoisotopic (exact) mass is 375 g/mol. The smallest absolute Gasteiger partial charge is 0.231 e. The first-order valence-electron chi connectivity index (χ1n) is 7.84. The highest BCUT2D eigenvalue weighted by Gasteiger charge is 2.45. The van der Waals surface area contributed by atoms with Crippen LogP contribution in [0.15, 0.2) is 53.0 Å². The molecule has 1 aliphatic rings. The lowest BCUT2D eigenvalue weighted by molar-refractivity contribution is -0.130. The highest BCUT2D eigenvalue weighted by molar-refractivity contribution is 9.10. The van der Waals surface area contributed by atoms with Gasteiger partial charge < -0.3 is 5.32 Å². The van der Waals surface area contributed by atoms with E-state index in [-0.39, 0.29) is 17.8 Å². The molecule has 0 heterocycles. The van der Waals surface area contributed by atoms with Crippen molar-refractivity contribution < 1.29 is 9.18 Å². The Labute approximate surface area is 144 Å². The average molecular weight is 376 g/mol. The number of halogens is 2. The van der Waals surface area contributed by atoms with E-state index in [9.17, 15) is 9.18 Å². The minimum Gasteiger partial charge on any atom is -0.349 e. The molecule has 1 unspecified atom stereocenters. The molecule has 1 saturated carbocycles. The van der Waals surface area contributed by atoms with E-state index < -0.39 is 5.41 Å². The van der Waals surface area contributed by atoms with Crippen LogP contribution in [0.1, 0.15) is 43.4 Å². The number of nitrogens with one attached hydrogen (secondary N) is 1. The Morgan fingerprint density at radius 1 is 1.13 bits per heavy atom. The van der Waals surface area contributed by atoms with Crippen LogP contribution in [0.4, 0.5) is 4.39 Å². The lowest BCUT2D eigenvalue weighted by Crippen LogP contribution is -2.49. The lowest BCUT2D eigenvalue weighted by atomic mass is 9.63. The normalized spacial score (nSPS) is 17.2. The summed E-state index contributed by atoms with van der Waals surface area (Å²) in [6.07, 6.45) is 2.66. The molecule has 0 aromatic heterocycles. The van der Waals surface area contributed by atoms with Crippen LogP contribution in [0, 0.1) is 5.82 Å². The Kier molecular flexibility index (Phi) is 4.53. The maximum absolute atomic E-state index is 13.2. The van der Waals surface area contributed by atoms with Crippen molar-refractivity contribution >= 4 is 21.8 Å². The number of hydrogen-bond acceptors (Lipinski definition) is 1. The van der Waals surface area contributed by atoms with Gasteiger partial charge in [0.25, 0.3) is 0 Å². The summed E-state index contributed by atoms with van der Waals surface area (Å²) in [6, 6.07) is 14.2. The molecular weight excluding hydrogens is 357 g/mol. The molecule has 4 heteroatoms. The summed E-state index contributed by atoms with van der Waals surface area (Å²) in [5, 5.41) is 3.12. The zero-order valence-corrected chi connectivity index (χ0v) is 14.6. The van der Waals surface area contributed by atoms with E-state index in [0.29, 0.717) is 0 Å². The van der Waals surface area contributed by atoms with Crippen LogP contribution in [0.2, 0.25) is 0 Å². The minimum atomic E-state index is -0.503. The molecule has 2 aromatic rings. The van der Waals surface area contributed by atoms with Crippen molar-refractivity contribution in [3.8, 4) is 0 Å². The fraction of sp³-hybridized carbons (Fsp3) is 0.316. The van der Waals surface area contributed by atoms with E-state index in [0.717, 1.165) is 34.9 Å². The number of carbonyl (C=O) groups is 1. The molecule has 23 heavy (non-hydrogen) atoms. The zero-order chi connectivity index (χ0) is 16.4. The maximum atomic E-state index is 13.2. The molecule has 1 fully saturated rings. The van der Waals surface area contributed by atoms with Gasteiger partial charge in [0.2, 0.25) is 5.91 Å². The fourth-order valence-corrected chi connectivity index (χ4v) is 3.38. The molecule has 0 aliphatic heterocycles. The molecular formula is C19H19BrFNO. The minimum absolute atomic E-state index is 0.0331. The Bertz CT molecular complexity index is 692. The first kappa shape index (κ1) is 16.2. The van der Waals surface area contributed by atoms with Crippen LogP contribution in [0.3, 0.4) is 0 Å². The molecule has 3 rings (SSSR count). The molecule has 1 amide bonds. The van der Waals surface area contributed by atoms with E-state index in [1.54, 1.807) is 12.1 Å².